The Balaban J connectivity index is 1.84. The van der Waals surface area contributed by atoms with Gasteiger partial charge in [-0.1, -0.05) is 36.4 Å². The second-order valence-corrected chi connectivity index (χ2v) is 5.07. The summed E-state index contributed by atoms with van der Waals surface area (Å²) in [6, 6.07) is 14.8. The summed E-state index contributed by atoms with van der Waals surface area (Å²) in [6.45, 7) is 4.27. The Morgan fingerprint density at radius 2 is 1.74 bits per heavy atom. The van der Waals surface area contributed by atoms with Gasteiger partial charge in [-0.3, -0.25) is 0 Å². The van der Waals surface area contributed by atoms with Crippen LogP contribution in [-0.2, 0) is 12.8 Å². The third-order valence-electron chi connectivity index (χ3n) is 3.72. The van der Waals surface area contributed by atoms with E-state index in [0.717, 1.165) is 29.7 Å². The molecule has 0 fully saturated rings. The summed E-state index contributed by atoms with van der Waals surface area (Å²) in [4.78, 5) is 8.16. The molecule has 0 aliphatic heterocycles. The Kier molecular flexibility index (Phi) is 3.08. The van der Waals surface area contributed by atoms with Crippen LogP contribution in [0.3, 0.4) is 0 Å². The smallest absolute Gasteiger partial charge is 0.107 e. The van der Waals surface area contributed by atoms with Gasteiger partial charge in [0.15, 0.2) is 0 Å². The highest BCUT2D eigenvalue weighted by atomic mass is 14.9. The molecule has 0 aliphatic carbocycles. The average Bonchev–Trinajstić information content (AvgIpc) is 2.86. The molecule has 19 heavy (non-hydrogen) atoms. The molecule has 2 aromatic carbocycles. The van der Waals surface area contributed by atoms with Crippen LogP contribution in [0, 0.1) is 13.8 Å². The number of fused-ring (bicyclic) bond motifs is 1. The van der Waals surface area contributed by atoms with Gasteiger partial charge in [-0.05, 0) is 43.0 Å². The van der Waals surface area contributed by atoms with E-state index in [1.54, 1.807) is 0 Å². The van der Waals surface area contributed by atoms with Crippen LogP contribution in [0.5, 0.6) is 0 Å². The van der Waals surface area contributed by atoms with Crippen LogP contribution in [0.4, 0.5) is 0 Å². The zero-order valence-corrected chi connectivity index (χ0v) is 11.4. The summed E-state index contributed by atoms with van der Waals surface area (Å²) < 4.78 is 0. The predicted molar refractivity (Wildman–Crippen MR) is 79.4 cm³/mol. The van der Waals surface area contributed by atoms with E-state index < -0.39 is 0 Å². The number of aromatic amines is 1. The molecule has 0 spiro atoms. The van der Waals surface area contributed by atoms with E-state index in [9.17, 15) is 0 Å². The summed E-state index contributed by atoms with van der Waals surface area (Å²) in [5, 5.41) is 0. The summed E-state index contributed by atoms with van der Waals surface area (Å²) in [6.07, 6.45) is 1.98. The van der Waals surface area contributed by atoms with Crippen molar-refractivity contribution in [3.05, 3.63) is 65.0 Å². The Hall–Kier alpha value is -2.09. The first kappa shape index (κ1) is 12.0. The number of aromatic nitrogens is 2. The molecule has 0 saturated heterocycles. The van der Waals surface area contributed by atoms with Gasteiger partial charge in [0.25, 0.3) is 0 Å². The first-order chi connectivity index (χ1) is 9.24. The topological polar surface area (TPSA) is 28.7 Å². The molecule has 0 aliphatic rings. The van der Waals surface area contributed by atoms with Crippen molar-refractivity contribution in [3.63, 3.8) is 0 Å². The van der Waals surface area contributed by atoms with E-state index in [1.807, 2.05) is 0 Å². The Bertz CT molecular complexity index is 696. The molecule has 0 amide bonds. The van der Waals surface area contributed by atoms with Crippen molar-refractivity contribution < 1.29 is 0 Å². The highest BCUT2D eigenvalue weighted by Gasteiger charge is 2.06. The summed E-state index contributed by atoms with van der Waals surface area (Å²) in [5.74, 6) is 1.08. The fourth-order valence-electron chi connectivity index (χ4n) is 2.39. The lowest BCUT2D eigenvalue weighted by molar-refractivity contribution is 0.890. The maximum atomic E-state index is 4.73. The van der Waals surface area contributed by atoms with Gasteiger partial charge in [-0.2, -0.15) is 0 Å². The maximum absolute atomic E-state index is 4.73. The number of nitrogens with one attached hydrogen (secondary N) is 1. The maximum Gasteiger partial charge on any atom is 0.107 e. The lowest BCUT2D eigenvalue weighted by atomic mass is 10.1. The summed E-state index contributed by atoms with van der Waals surface area (Å²) >= 11 is 0. The van der Waals surface area contributed by atoms with Gasteiger partial charge in [0.05, 0.1) is 11.0 Å². The van der Waals surface area contributed by atoms with Gasteiger partial charge in [0.1, 0.15) is 5.82 Å². The summed E-state index contributed by atoms with van der Waals surface area (Å²) in [5.41, 5.74) is 6.19. The van der Waals surface area contributed by atoms with Crippen LogP contribution in [-0.4, -0.2) is 9.97 Å². The number of benzene rings is 2. The highest BCUT2D eigenvalue weighted by molar-refractivity contribution is 5.79. The molecule has 2 heteroatoms. The molecule has 1 N–H and O–H groups in total. The van der Waals surface area contributed by atoms with E-state index in [2.05, 4.69) is 61.3 Å². The third-order valence-corrected chi connectivity index (χ3v) is 3.72. The fourth-order valence-corrected chi connectivity index (χ4v) is 2.39. The quantitative estimate of drug-likeness (QED) is 0.748. The zero-order chi connectivity index (χ0) is 13.2. The zero-order valence-electron chi connectivity index (χ0n) is 11.4. The molecule has 3 rings (SSSR count). The first-order valence-corrected chi connectivity index (χ1v) is 6.73. The van der Waals surface area contributed by atoms with Crippen molar-refractivity contribution in [1.29, 1.82) is 0 Å². The number of rotatable bonds is 3. The van der Waals surface area contributed by atoms with Crippen molar-refractivity contribution >= 4 is 11.0 Å². The average molecular weight is 250 g/mol. The van der Waals surface area contributed by atoms with Gasteiger partial charge >= 0.3 is 0 Å². The van der Waals surface area contributed by atoms with Gasteiger partial charge in [-0.25, -0.2) is 4.98 Å². The number of imidazole rings is 1. The van der Waals surface area contributed by atoms with Crippen molar-refractivity contribution in [2.45, 2.75) is 26.7 Å². The summed E-state index contributed by atoms with van der Waals surface area (Å²) in [7, 11) is 0. The van der Waals surface area contributed by atoms with Crippen LogP contribution < -0.4 is 0 Å². The van der Waals surface area contributed by atoms with Gasteiger partial charge in [0.2, 0.25) is 0 Å². The first-order valence-electron chi connectivity index (χ1n) is 6.73. The molecule has 0 radical (unpaired) electrons. The fraction of sp³-hybridized carbons (Fsp3) is 0.235. The molecule has 0 saturated carbocycles. The largest absolute Gasteiger partial charge is 0.342 e. The normalized spacial score (nSPS) is 11.1. The minimum Gasteiger partial charge on any atom is -0.342 e. The predicted octanol–water partition coefficient (Wildman–Crippen LogP) is 3.96. The van der Waals surface area contributed by atoms with Crippen LogP contribution >= 0.6 is 0 Å². The molecule has 2 nitrogen and oxygen atoms in total. The molecule has 96 valence electrons. The number of aryl methyl sites for hydroxylation is 4. The van der Waals surface area contributed by atoms with Crippen LogP contribution in [0.2, 0.25) is 0 Å². The molecule has 3 aromatic rings. The van der Waals surface area contributed by atoms with Gasteiger partial charge in [-0.15, -0.1) is 0 Å². The van der Waals surface area contributed by atoms with Crippen molar-refractivity contribution in [1.82, 2.24) is 9.97 Å². The third kappa shape index (κ3) is 2.39. The van der Waals surface area contributed by atoms with Gasteiger partial charge < -0.3 is 4.98 Å². The number of hydrogen-bond acceptors (Lipinski definition) is 1. The monoisotopic (exact) mass is 250 g/mol. The molecular formula is C17H18N2. The molecule has 0 atom stereocenters. The minimum atomic E-state index is 0.956. The minimum absolute atomic E-state index is 0.956. The number of nitrogens with zero attached hydrogens (tertiary/aromatic N) is 1. The number of hydrogen-bond donors (Lipinski definition) is 1. The molecular weight excluding hydrogens is 232 g/mol. The van der Waals surface area contributed by atoms with Crippen LogP contribution in [0.1, 0.15) is 22.5 Å². The van der Waals surface area contributed by atoms with Crippen molar-refractivity contribution in [3.8, 4) is 0 Å². The van der Waals surface area contributed by atoms with Crippen LogP contribution in [0.15, 0.2) is 42.5 Å². The molecule has 1 heterocycles. The molecule has 1 aromatic heterocycles. The van der Waals surface area contributed by atoms with Crippen LogP contribution in [0.25, 0.3) is 11.0 Å². The lowest BCUT2D eigenvalue weighted by Gasteiger charge is -1.98. The van der Waals surface area contributed by atoms with E-state index in [0.29, 0.717) is 0 Å². The van der Waals surface area contributed by atoms with E-state index in [-0.39, 0.29) is 0 Å². The molecule has 0 bridgehead atoms. The standard InChI is InChI=1S/C17H18N2/c1-12-8-10-15-17(13(12)2)19-16(18-15)11-9-14-6-4-3-5-7-14/h3-8,10H,9,11H2,1-2H3,(H,18,19). The van der Waals surface area contributed by atoms with E-state index in [4.69, 9.17) is 4.98 Å². The number of H-pyrrole nitrogens is 1. The van der Waals surface area contributed by atoms with E-state index >= 15 is 0 Å². The van der Waals surface area contributed by atoms with Gasteiger partial charge in [0, 0.05) is 6.42 Å². The molecule has 0 unspecified atom stereocenters. The Morgan fingerprint density at radius 1 is 0.947 bits per heavy atom. The second-order valence-electron chi connectivity index (χ2n) is 5.07. The SMILES string of the molecule is Cc1ccc2[nH]c(CCc3ccccc3)nc2c1C. The second kappa shape index (κ2) is 4.88. The highest BCUT2D eigenvalue weighted by Crippen LogP contribution is 2.19. The van der Waals surface area contributed by atoms with Crippen molar-refractivity contribution in [2.75, 3.05) is 0 Å². The van der Waals surface area contributed by atoms with E-state index in [1.165, 1.54) is 16.7 Å². The van der Waals surface area contributed by atoms with Crippen molar-refractivity contribution in [2.24, 2.45) is 0 Å². The Labute approximate surface area is 113 Å². The lowest BCUT2D eigenvalue weighted by Crippen LogP contribution is -1.92. The Morgan fingerprint density at radius 3 is 2.53 bits per heavy atom.